The molecular formula is C17H22N6O6. The second-order valence-corrected chi connectivity index (χ2v) is 7.21. The van der Waals surface area contributed by atoms with Gasteiger partial charge in [0, 0.05) is 0 Å². The Hall–Kier alpha value is -2.93. The zero-order valence-electron chi connectivity index (χ0n) is 15.2. The maximum absolute atomic E-state index is 12.6. The minimum Gasteiger partial charge on any atom is -0.451 e. The monoisotopic (exact) mass is 406 g/mol. The Balaban J connectivity index is 1.78. The van der Waals surface area contributed by atoms with Gasteiger partial charge in [-0.15, -0.1) is 0 Å². The Labute approximate surface area is 165 Å². The highest BCUT2D eigenvalue weighted by Gasteiger charge is 2.78. The van der Waals surface area contributed by atoms with Gasteiger partial charge in [-0.3, -0.25) is 10.8 Å². The highest BCUT2D eigenvalue weighted by atomic mass is 16.6. The number of ether oxygens (including phenoxy) is 1. The summed E-state index contributed by atoms with van der Waals surface area (Å²) in [4.78, 5) is 13.7. The van der Waals surface area contributed by atoms with Crippen molar-refractivity contribution in [3.05, 3.63) is 35.9 Å². The van der Waals surface area contributed by atoms with Crippen LogP contribution in [0, 0.1) is 10.8 Å². The topological polar surface area (TPSA) is 194 Å². The number of aliphatic hydroxyl groups excluding tert-OH is 2. The fourth-order valence-corrected chi connectivity index (χ4v) is 4.46. The van der Waals surface area contributed by atoms with Gasteiger partial charge in [-0.1, -0.05) is 18.2 Å². The van der Waals surface area contributed by atoms with Crippen LogP contribution in [0.1, 0.15) is 10.4 Å². The number of carbonyl (C=O) groups is 1. The number of carbonyl (C=O) groups excluding carboxylic acids is 1. The van der Waals surface area contributed by atoms with E-state index in [9.17, 15) is 25.2 Å². The summed E-state index contributed by atoms with van der Waals surface area (Å²) in [6, 6.07) is 4.88. The van der Waals surface area contributed by atoms with E-state index in [4.69, 9.17) is 15.6 Å². The van der Waals surface area contributed by atoms with E-state index in [1.165, 1.54) is 12.1 Å². The Morgan fingerprint density at radius 2 is 1.83 bits per heavy atom. The minimum atomic E-state index is -2.83. The first-order valence-electron chi connectivity index (χ1n) is 8.98. The summed E-state index contributed by atoms with van der Waals surface area (Å²) in [5.41, 5.74) is -1.76. The van der Waals surface area contributed by atoms with E-state index >= 15 is 0 Å². The molecule has 156 valence electrons. The molecule has 3 heterocycles. The van der Waals surface area contributed by atoms with E-state index in [2.05, 4.69) is 16.0 Å². The molecule has 0 aromatic heterocycles. The molecule has 12 heteroatoms. The van der Waals surface area contributed by atoms with Gasteiger partial charge in [-0.25, -0.2) is 4.79 Å². The van der Waals surface area contributed by atoms with Crippen LogP contribution in [0.4, 0.5) is 0 Å². The number of esters is 1. The van der Waals surface area contributed by atoms with Crippen molar-refractivity contribution in [2.75, 3.05) is 13.2 Å². The lowest BCUT2D eigenvalue weighted by Gasteiger charge is -2.51. The molecule has 9 N–H and O–H groups in total. The highest BCUT2D eigenvalue weighted by molar-refractivity contribution is 5.90. The van der Waals surface area contributed by atoms with Gasteiger partial charge < -0.3 is 46.0 Å². The number of nitrogens with one attached hydrogen (secondary N) is 5. The number of benzene rings is 1. The van der Waals surface area contributed by atoms with Crippen molar-refractivity contribution in [2.24, 2.45) is 0 Å². The number of nitrogens with zero attached hydrogens (tertiary/aromatic N) is 1. The number of aliphatic hydroxyl groups is 4. The molecule has 3 aliphatic heterocycles. The van der Waals surface area contributed by atoms with Gasteiger partial charge in [0.1, 0.15) is 6.04 Å². The van der Waals surface area contributed by atoms with Crippen molar-refractivity contribution in [3.8, 4) is 0 Å². The molecule has 12 nitrogen and oxygen atoms in total. The highest BCUT2D eigenvalue weighted by Crippen LogP contribution is 2.47. The maximum atomic E-state index is 12.6. The molecule has 3 fully saturated rings. The summed E-state index contributed by atoms with van der Waals surface area (Å²) in [5.74, 6) is -4.26. The smallest absolute Gasteiger partial charge is 0.338 e. The van der Waals surface area contributed by atoms with E-state index < -0.39 is 54.9 Å². The van der Waals surface area contributed by atoms with Crippen molar-refractivity contribution in [1.29, 1.82) is 10.8 Å². The van der Waals surface area contributed by atoms with E-state index in [1.807, 2.05) is 0 Å². The zero-order valence-corrected chi connectivity index (χ0v) is 15.2. The molecule has 3 aliphatic rings. The number of rotatable bonds is 4. The molecule has 0 bridgehead atoms. The first-order chi connectivity index (χ1) is 13.8. The lowest BCUT2D eigenvalue weighted by Crippen LogP contribution is -2.81. The van der Waals surface area contributed by atoms with E-state index in [0.29, 0.717) is 0 Å². The predicted molar refractivity (Wildman–Crippen MR) is 97.8 cm³/mol. The molecule has 0 radical (unpaired) electrons. The van der Waals surface area contributed by atoms with Gasteiger partial charge >= 0.3 is 5.97 Å². The normalized spacial score (nSPS) is 34.6. The average Bonchev–Trinajstić information content (AvgIpc) is 3.15. The molecule has 0 amide bonds. The van der Waals surface area contributed by atoms with Gasteiger partial charge in [0.25, 0.3) is 0 Å². The summed E-state index contributed by atoms with van der Waals surface area (Å²) in [5, 5.41) is 66.3. The van der Waals surface area contributed by atoms with Crippen LogP contribution in [-0.2, 0) is 4.74 Å². The summed E-state index contributed by atoms with van der Waals surface area (Å²) in [6.07, 6.45) is -1.66. The third-order valence-electron chi connectivity index (χ3n) is 5.68. The fraction of sp³-hybridized carbons (Fsp3) is 0.471. The predicted octanol–water partition coefficient (Wildman–Crippen LogP) is -3.34. The van der Waals surface area contributed by atoms with Crippen molar-refractivity contribution in [1.82, 2.24) is 20.9 Å². The van der Waals surface area contributed by atoms with E-state index in [1.54, 1.807) is 18.2 Å². The molecule has 1 spiro atoms. The van der Waals surface area contributed by atoms with Crippen LogP contribution in [0.5, 0.6) is 0 Å². The lowest BCUT2D eigenvalue weighted by molar-refractivity contribution is -0.259. The molecule has 0 saturated carbocycles. The lowest BCUT2D eigenvalue weighted by atomic mass is 9.85. The van der Waals surface area contributed by atoms with Crippen LogP contribution in [0.25, 0.3) is 0 Å². The SMILES string of the molecule is N=C1NC2[C@H](CO)NC(=N)N3[C@@H](CO)[C@H](OC(=O)c4ccccc4)C(O)(O)[C@]23N1. The van der Waals surface area contributed by atoms with Crippen LogP contribution in [0.15, 0.2) is 30.3 Å². The Morgan fingerprint density at radius 3 is 2.45 bits per heavy atom. The first kappa shape index (κ1) is 19.4. The van der Waals surface area contributed by atoms with Crippen LogP contribution in [0.2, 0.25) is 0 Å². The quantitative estimate of drug-likeness (QED) is 0.180. The molecule has 4 rings (SSSR count). The van der Waals surface area contributed by atoms with Crippen molar-refractivity contribution in [2.45, 2.75) is 35.7 Å². The summed E-state index contributed by atoms with van der Waals surface area (Å²) < 4.78 is 5.40. The van der Waals surface area contributed by atoms with Gasteiger partial charge in [0.15, 0.2) is 23.7 Å². The average molecular weight is 406 g/mol. The fourth-order valence-electron chi connectivity index (χ4n) is 4.46. The standard InChI is InChI=1S/C17H22N6O6/c18-14-21-11-9(6-24)20-15(19)23-10(7-25)12(17(27,28)16(11,23)22-14)29-13(26)8-4-2-1-3-5-8/h1-5,9-12,24-25,27-28H,6-7H2,(H2,19,20)(H3,18,21,22)/t9-,10-,11?,12-,16-/m0/s1. The first-order valence-corrected chi connectivity index (χ1v) is 8.98. The van der Waals surface area contributed by atoms with E-state index in [-0.39, 0.29) is 17.5 Å². The Kier molecular flexibility index (Phi) is 4.38. The van der Waals surface area contributed by atoms with Crippen molar-refractivity contribution >= 4 is 17.9 Å². The van der Waals surface area contributed by atoms with Gasteiger partial charge in [0.2, 0.25) is 5.79 Å². The van der Waals surface area contributed by atoms with Crippen LogP contribution in [0.3, 0.4) is 0 Å². The minimum absolute atomic E-state index is 0.172. The summed E-state index contributed by atoms with van der Waals surface area (Å²) in [7, 11) is 0. The van der Waals surface area contributed by atoms with Crippen molar-refractivity contribution in [3.63, 3.8) is 0 Å². The van der Waals surface area contributed by atoms with Crippen LogP contribution in [-0.4, -0.2) is 92.1 Å². The third kappa shape index (κ3) is 2.50. The second-order valence-electron chi connectivity index (χ2n) is 7.21. The Bertz CT molecular complexity index is 850. The maximum Gasteiger partial charge on any atom is 0.338 e. The van der Waals surface area contributed by atoms with Crippen LogP contribution < -0.4 is 16.0 Å². The zero-order chi connectivity index (χ0) is 21.0. The molecule has 1 unspecified atom stereocenters. The molecular weight excluding hydrogens is 384 g/mol. The summed E-state index contributed by atoms with van der Waals surface area (Å²) in [6.45, 7) is -1.15. The largest absolute Gasteiger partial charge is 0.451 e. The number of hydrogen-bond donors (Lipinski definition) is 9. The molecule has 5 atom stereocenters. The second kappa shape index (κ2) is 6.56. The van der Waals surface area contributed by atoms with Crippen molar-refractivity contribution < 1.29 is 30.0 Å². The number of hydrogen-bond acceptors (Lipinski definition) is 8. The Morgan fingerprint density at radius 1 is 1.14 bits per heavy atom. The van der Waals surface area contributed by atoms with Gasteiger partial charge in [-0.2, -0.15) is 0 Å². The molecule has 1 aromatic rings. The van der Waals surface area contributed by atoms with Gasteiger partial charge in [-0.05, 0) is 12.1 Å². The molecule has 29 heavy (non-hydrogen) atoms. The van der Waals surface area contributed by atoms with E-state index in [0.717, 1.165) is 4.90 Å². The molecule has 3 saturated heterocycles. The van der Waals surface area contributed by atoms with Gasteiger partial charge in [0.05, 0.1) is 30.9 Å². The third-order valence-corrected chi connectivity index (χ3v) is 5.68. The molecule has 1 aromatic carbocycles. The summed E-state index contributed by atoms with van der Waals surface area (Å²) >= 11 is 0. The van der Waals surface area contributed by atoms with Crippen LogP contribution >= 0.6 is 0 Å². The molecule has 0 aliphatic carbocycles. The number of guanidine groups is 2.